The Morgan fingerprint density at radius 3 is 2.26 bits per heavy atom. The number of hydrogen-bond donors (Lipinski definition) is 1. The molecule has 0 spiro atoms. The first kappa shape index (κ1) is 24.9. The molecule has 0 saturated carbocycles. The number of benzene rings is 2. The van der Waals surface area contributed by atoms with Gasteiger partial charge in [-0.05, 0) is 48.9 Å². The topological polar surface area (TPSA) is 54.4 Å². The number of hydrogen-bond acceptors (Lipinski definition) is 6. The first-order chi connectivity index (χ1) is 14.6. The number of halogens is 1. The molecule has 1 fully saturated rings. The molecule has 0 amide bonds. The third-order valence-electron chi connectivity index (χ3n) is 5.34. The second-order valence-corrected chi connectivity index (χ2v) is 7.42. The van der Waals surface area contributed by atoms with Crippen LogP contribution in [0, 0.1) is 0 Å². The average molecular weight is 449 g/mol. The van der Waals surface area contributed by atoms with Crippen LogP contribution in [0.15, 0.2) is 55.1 Å². The lowest BCUT2D eigenvalue weighted by molar-refractivity contribution is 0.0660. The second-order valence-electron chi connectivity index (χ2n) is 7.42. The first-order valence-electron chi connectivity index (χ1n) is 10.3. The van der Waals surface area contributed by atoms with Gasteiger partial charge in [-0.25, -0.2) is 0 Å². The Kier molecular flexibility index (Phi) is 9.98. The van der Waals surface area contributed by atoms with Crippen molar-refractivity contribution >= 4 is 18.1 Å². The van der Waals surface area contributed by atoms with E-state index in [0.29, 0.717) is 13.0 Å². The molecule has 0 aromatic heterocycles. The van der Waals surface area contributed by atoms with Gasteiger partial charge in [-0.3, -0.25) is 4.90 Å². The SMILES string of the molecule is C=CCc1cc(OC)ccc1OCC(O)CN1CCN(c2ccc(OC)cc2)CC1.Cl. The van der Waals surface area contributed by atoms with Crippen LogP contribution in [0.25, 0.3) is 0 Å². The van der Waals surface area contributed by atoms with Crippen LogP contribution in [0.4, 0.5) is 5.69 Å². The Morgan fingerprint density at radius 1 is 1.00 bits per heavy atom. The largest absolute Gasteiger partial charge is 0.497 e. The van der Waals surface area contributed by atoms with E-state index in [9.17, 15) is 5.11 Å². The zero-order valence-corrected chi connectivity index (χ0v) is 19.1. The van der Waals surface area contributed by atoms with Gasteiger partial charge >= 0.3 is 0 Å². The zero-order valence-electron chi connectivity index (χ0n) is 18.3. The van der Waals surface area contributed by atoms with Crippen LogP contribution in [0.2, 0.25) is 0 Å². The highest BCUT2D eigenvalue weighted by Crippen LogP contribution is 2.25. The summed E-state index contributed by atoms with van der Waals surface area (Å²) in [6.07, 6.45) is 1.98. The summed E-state index contributed by atoms with van der Waals surface area (Å²) >= 11 is 0. The molecule has 6 nitrogen and oxygen atoms in total. The van der Waals surface area contributed by atoms with Crippen molar-refractivity contribution in [2.75, 3.05) is 58.5 Å². The van der Waals surface area contributed by atoms with Gasteiger partial charge in [0.05, 0.1) is 14.2 Å². The maximum Gasteiger partial charge on any atom is 0.123 e. The molecule has 1 N–H and O–H groups in total. The summed E-state index contributed by atoms with van der Waals surface area (Å²) in [6, 6.07) is 13.9. The van der Waals surface area contributed by atoms with Gasteiger partial charge < -0.3 is 24.2 Å². The van der Waals surface area contributed by atoms with E-state index < -0.39 is 6.10 Å². The molecule has 7 heteroatoms. The van der Waals surface area contributed by atoms with Crippen LogP contribution in [0.5, 0.6) is 17.2 Å². The monoisotopic (exact) mass is 448 g/mol. The lowest BCUT2D eigenvalue weighted by Crippen LogP contribution is -2.49. The van der Waals surface area contributed by atoms with Gasteiger partial charge in [0, 0.05) is 44.0 Å². The summed E-state index contributed by atoms with van der Waals surface area (Å²) in [6.45, 7) is 8.34. The van der Waals surface area contributed by atoms with E-state index in [0.717, 1.165) is 49.0 Å². The predicted octanol–water partition coefficient (Wildman–Crippen LogP) is 3.42. The normalized spacial score (nSPS) is 15.0. The van der Waals surface area contributed by atoms with E-state index in [1.807, 2.05) is 36.4 Å². The van der Waals surface area contributed by atoms with Crippen LogP contribution >= 0.6 is 12.4 Å². The molecular weight excluding hydrogens is 416 g/mol. The predicted molar refractivity (Wildman–Crippen MR) is 127 cm³/mol. The third-order valence-corrected chi connectivity index (χ3v) is 5.34. The lowest BCUT2D eigenvalue weighted by Gasteiger charge is -2.36. The molecule has 0 bridgehead atoms. The van der Waals surface area contributed by atoms with Crippen LogP contribution in [-0.4, -0.2) is 69.7 Å². The van der Waals surface area contributed by atoms with Crippen LogP contribution in [0.3, 0.4) is 0 Å². The van der Waals surface area contributed by atoms with Crippen molar-refractivity contribution < 1.29 is 19.3 Å². The van der Waals surface area contributed by atoms with Gasteiger partial charge in [0.1, 0.15) is 30.0 Å². The number of methoxy groups -OCH3 is 2. The number of aliphatic hydroxyl groups is 1. The molecule has 31 heavy (non-hydrogen) atoms. The highest BCUT2D eigenvalue weighted by Gasteiger charge is 2.20. The van der Waals surface area contributed by atoms with E-state index in [2.05, 4.69) is 28.5 Å². The number of ether oxygens (including phenoxy) is 3. The second kappa shape index (κ2) is 12.4. The Bertz CT molecular complexity index is 808. The number of piperazine rings is 1. The highest BCUT2D eigenvalue weighted by molar-refractivity contribution is 5.85. The molecule has 1 atom stereocenters. The maximum absolute atomic E-state index is 10.5. The van der Waals surface area contributed by atoms with Crippen LogP contribution < -0.4 is 19.1 Å². The minimum Gasteiger partial charge on any atom is -0.497 e. The average Bonchev–Trinajstić information content (AvgIpc) is 2.79. The summed E-state index contributed by atoms with van der Waals surface area (Å²) in [5.74, 6) is 2.42. The molecule has 0 aliphatic carbocycles. The first-order valence-corrected chi connectivity index (χ1v) is 10.3. The maximum atomic E-state index is 10.5. The fourth-order valence-electron chi connectivity index (χ4n) is 3.66. The minimum atomic E-state index is -0.545. The van der Waals surface area contributed by atoms with Crippen molar-refractivity contribution in [2.24, 2.45) is 0 Å². The molecule has 1 unspecified atom stereocenters. The van der Waals surface area contributed by atoms with Crippen LogP contribution in [0.1, 0.15) is 5.56 Å². The van der Waals surface area contributed by atoms with Gasteiger partial charge in [0.15, 0.2) is 0 Å². The summed E-state index contributed by atoms with van der Waals surface area (Å²) < 4.78 is 16.4. The molecule has 1 aliphatic rings. The Balaban J connectivity index is 0.00000341. The third kappa shape index (κ3) is 7.06. The number of β-amino-alcohol motifs (C(OH)–C–C–N with tert-alkyl or cyclic N) is 1. The van der Waals surface area contributed by atoms with Gasteiger partial charge in [-0.1, -0.05) is 6.08 Å². The van der Waals surface area contributed by atoms with Crippen molar-refractivity contribution in [3.05, 3.63) is 60.7 Å². The van der Waals surface area contributed by atoms with Crippen molar-refractivity contribution in [1.82, 2.24) is 4.90 Å². The van der Waals surface area contributed by atoms with E-state index >= 15 is 0 Å². The summed E-state index contributed by atoms with van der Waals surface area (Å²) in [7, 11) is 3.32. The molecule has 1 heterocycles. The number of anilines is 1. The molecule has 2 aromatic rings. The number of rotatable bonds is 10. The summed E-state index contributed by atoms with van der Waals surface area (Å²) in [5.41, 5.74) is 2.21. The fraction of sp³-hybridized carbons (Fsp3) is 0.417. The summed E-state index contributed by atoms with van der Waals surface area (Å²) in [4.78, 5) is 4.64. The molecule has 1 aliphatic heterocycles. The van der Waals surface area contributed by atoms with E-state index in [1.54, 1.807) is 14.2 Å². The van der Waals surface area contributed by atoms with E-state index in [-0.39, 0.29) is 19.0 Å². The smallest absolute Gasteiger partial charge is 0.123 e. The quantitative estimate of drug-likeness (QED) is 0.562. The number of aliphatic hydroxyl groups excluding tert-OH is 1. The van der Waals surface area contributed by atoms with Crippen molar-refractivity contribution in [3.63, 3.8) is 0 Å². The fourth-order valence-corrected chi connectivity index (χ4v) is 3.66. The van der Waals surface area contributed by atoms with Gasteiger partial charge in [-0.2, -0.15) is 0 Å². The van der Waals surface area contributed by atoms with Gasteiger partial charge in [0.25, 0.3) is 0 Å². The van der Waals surface area contributed by atoms with Crippen molar-refractivity contribution in [1.29, 1.82) is 0 Å². The Morgan fingerprint density at radius 2 is 1.65 bits per heavy atom. The lowest BCUT2D eigenvalue weighted by atomic mass is 10.1. The molecule has 0 radical (unpaired) electrons. The Labute approximate surface area is 191 Å². The van der Waals surface area contributed by atoms with Crippen molar-refractivity contribution in [2.45, 2.75) is 12.5 Å². The van der Waals surface area contributed by atoms with Crippen LogP contribution in [-0.2, 0) is 6.42 Å². The number of allylic oxidation sites excluding steroid dienone is 1. The summed E-state index contributed by atoms with van der Waals surface area (Å²) in [5, 5.41) is 10.5. The van der Waals surface area contributed by atoms with Gasteiger partial charge in [0.2, 0.25) is 0 Å². The highest BCUT2D eigenvalue weighted by atomic mass is 35.5. The standard InChI is InChI=1S/C24H32N2O4.ClH/c1-4-5-19-16-23(29-3)10-11-24(19)30-18-21(27)17-25-12-14-26(15-13-25)20-6-8-22(28-2)9-7-20;/h4,6-11,16,21,27H,1,5,12-15,17-18H2,2-3H3;1H. The van der Waals surface area contributed by atoms with Gasteiger partial charge in [-0.15, -0.1) is 19.0 Å². The van der Waals surface area contributed by atoms with Crippen molar-refractivity contribution in [3.8, 4) is 17.2 Å². The van der Waals surface area contributed by atoms with E-state index in [4.69, 9.17) is 14.2 Å². The number of nitrogens with zero attached hydrogens (tertiary/aromatic N) is 2. The minimum absolute atomic E-state index is 0. The molecule has 170 valence electrons. The van der Waals surface area contributed by atoms with E-state index in [1.165, 1.54) is 5.69 Å². The zero-order chi connectivity index (χ0) is 21.3. The molecule has 3 rings (SSSR count). The Hall–Kier alpha value is -2.41. The molecule has 2 aromatic carbocycles. The molecule has 1 saturated heterocycles. The molecular formula is C24H33ClN2O4.